The van der Waals surface area contributed by atoms with Crippen molar-refractivity contribution in [2.45, 2.75) is 37.8 Å². The number of alkyl carbamates (subject to hydrolysis) is 1. The fraction of sp³-hybridized carbons (Fsp3) is 0.250. The van der Waals surface area contributed by atoms with Crippen molar-refractivity contribution in [1.29, 1.82) is 0 Å². The highest BCUT2D eigenvalue weighted by molar-refractivity contribution is 5.89. The highest BCUT2D eigenvalue weighted by Gasteiger charge is 2.29. The van der Waals surface area contributed by atoms with Gasteiger partial charge < -0.3 is 20.5 Å². The van der Waals surface area contributed by atoms with Crippen molar-refractivity contribution in [2.75, 3.05) is 6.61 Å². The maximum Gasteiger partial charge on any atom is 0.407 e. The van der Waals surface area contributed by atoms with E-state index in [1.807, 2.05) is 66.7 Å². The molecule has 4 rings (SSSR count). The van der Waals surface area contributed by atoms with Crippen LogP contribution in [0.5, 0.6) is 0 Å². The molecule has 0 bridgehead atoms. The van der Waals surface area contributed by atoms with Crippen LogP contribution in [0.4, 0.5) is 4.79 Å². The summed E-state index contributed by atoms with van der Waals surface area (Å²) in [5.74, 6) is -1.80. The molecule has 35 heavy (non-hydrogen) atoms. The number of carboxylic acids is 1. The van der Waals surface area contributed by atoms with Gasteiger partial charge in [-0.25, -0.2) is 9.59 Å². The van der Waals surface area contributed by atoms with E-state index < -0.39 is 30.1 Å². The molecule has 0 spiro atoms. The second-order valence-corrected chi connectivity index (χ2v) is 8.62. The SMILES string of the molecule is C[C@H](NC(=O)OCC1c2ccccc2-c2ccccc21)C(=O)NC(CCc1ccccc1)C(=O)O. The number of hydrogen-bond acceptors (Lipinski definition) is 4. The Bertz CT molecular complexity index is 1170. The van der Waals surface area contributed by atoms with Crippen molar-refractivity contribution in [3.05, 3.63) is 95.6 Å². The van der Waals surface area contributed by atoms with Crippen LogP contribution in [0, 0.1) is 0 Å². The number of carboxylic acid groups (broad SMARTS) is 1. The van der Waals surface area contributed by atoms with Gasteiger partial charge in [0.2, 0.25) is 5.91 Å². The molecule has 3 aromatic carbocycles. The monoisotopic (exact) mass is 472 g/mol. The minimum absolute atomic E-state index is 0.0911. The van der Waals surface area contributed by atoms with Crippen molar-refractivity contribution in [3.8, 4) is 11.1 Å². The van der Waals surface area contributed by atoms with Crippen LogP contribution < -0.4 is 10.6 Å². The summed E-state index contributed by atoms with van der Waals surface area (Å²) in [6, 6.07) is 23.5. The van der Waals surface area contributed by atoms with Crippen LogP contribution in [0.15, 0.2) is 78.9 Å². The Morgan fingerprint density at radius 3 is 2.03 bits per heavy atom. The van der Waals surface area contributed by atoms with Crippen LogP contribution in [-0.2, 0) is 20.7 Å². The standard InChI is InChI=1S/C28H28N2O5/c1-18(26(31)30-25(27(32)33)16-15-19-9-3-2-4-10-19)29-28(34)35-17-24-22-13-7-5-11-20(22)21-12-6-8-14-23(21)24/h2-14,18,24-25H,15-17H2,1H3,(H,29,34)(H,30,31)(H,32,33)/t18-,25?/m0/s1. The number of benzene rings is 3. The van der Waals surface area contributed by atoms with Crippen LogP contribution in [0.3, 0.4) is 0 Å². The summed E-state index contributed by atoms with van der Waals surface area (Å²) in [5.41, 5.74) is 5.42. The molecule has 1 aliphatic carbocycles. The third-order valence-electron chi connectivity index (χ3n) is 6.25. The van der Waals surface area contributed by atoms with Crippen LogP contribution in [-0.4, -0.2) is 41.8 Å². The zero-order valence-electron chi connectivity index (χ0n) is 19.4. The van der Waals surface area contributed by atoms with E-state index in [-0.39, 0.29) is 18.9 Å². The van der Waals surface area contributed by atoms with E-state index in [9.17, 15) is 19.5 Å². The first-order valence-electron chi connectivity index (χ1n) is 11.6. The summed E-state index contributed by atoms with van der Waals surface area (Å²) in [7, 11) is 0. The van der Waals surface area contributed by atoms with E-state index in [1.54, 1.807) is 0 Å². The van der Waals surface area contributed by atoms with E-state index >= 15 is 0 Å². The number of amides is 2. The number of aryl methyl sites for hydroxylation is 1. The second kappa shape index (κ2) is 10.9. The zero-order valence-corrected chi connectivity index (χ0v) is 19.4. The van der Waals surface area contributed by atoms with Gasteiger partial charge in [0.05, 0.1) is 0 Å². The number of carbonyl (C=O) groups is 3. The molecule has 7 heteroatoms. The van der Waals surface area contributed by atoms with Crippen LogP contribution >= 0.6 is 0 Å². The zero-order chi connectivity index (χ0) is 24.8. The average Bonchev–Trinajstić information content (AvgIpc) is 3.19. The van der Waals surface area contributed by atoms with Crippen molar-refractivity contribution in [1.82, 2.24) is 10.6 Å². The molecule has 180 valence electrons. The highest BCUT2D eigenvalue weighted by Crippen LogP contribution is 2.44. The third-order valence-corrected chi connectivity index (χ3v) is 6.25. The summed E-state index contributed by atoms with van der Waals surface area (Å²) in [6.45, 7) is 1.62. The fourth-order valence-electron chi connectivity index (χ4n) is 4.39. The van der Waals surface area contributed by atoms with Gasteiger partial charge in [0.15, 0.2) is 0 Å². The van der Waals surface area contributed by atoms with Crippen molar-refractivity contribution < 1.29 is 24.2 Å². The quantitative estimate of drug-likeness (QED) is 0.435. The number of rotatable bonds is 9. The summed E-state index contributed by atoms with van der Waals surface area (Å²) in [4.78, 5) is 36.6. The number of hydrogen-bond donors (Lipinski definition) is 3. The van der Waals surface area contributed by atoms with E-state index in [4.69, 9.17) is 4.74 Å². The van der Waals surface area contributed by atoms with Gasteiger partial charge in [-0.2, -0.15) is 0 Å². The summed E-state index contributed by atoms with van der Waals surface area (Å²) in [6.07, 6.45) is 0.0142. The summed E-state index contributed by atoms with van der Waals surface area (Å²) in [5, 5.41) is 14.5. The molecule has 0 radical (unpaired) electrons. The van der Waals surface area contributed by atoms with Gasteiger partial charge in [0, 0.05) is 5.92 Å². The molecule has 0 fully saturated rings. The lowest BCUT2D eigenvalue weighted by molar-refractivity contribution is -0.142. The molecule has 1 aliphatic rings. The number of nitrogens with one attached hydrogen (secondary N) is 2. The minimum Gasteiger partial charge on any atom is -0.480 e. The highest BCUT2D eigenvalue weighted by atomic mass is 16.5. The molecule has 3 N–H and O–H groups in total. The topological polar surface area (TPSA) is 105 Å². The second-order valence-electron chi connectivity index (χ2n) is 8.62. The number of ether oxygens (including phenoxy) is 1. The predicted molar refractivity (Wildman–Crippen MR) is 132 cm³/mol. The molecule has 0 aliphatic heterocycles. The predicted octanol–water partition coefficient (Wildman–Crippen LogP) is 4.12. The maximum absolute atomic E-state index is 12.5. The third kappa shape index (κ3) is 5.69. The van der Waals surface area contributed by atoms with E-state index in [2.05, 4.69) is 22.8 Å². The lowest BCUT2D eigenvalue weighted by Gasteiger charge is -2.19. The van der Waals surface area contributed by atoms with Crippen LogP contribution in [0.25, 0.3) is 11.1 Å². The molecule has 3 aromatic rings. The maximum atomic E-state index is 12.5. The molecule has 0 aromatic heterocycles. The molecule has 2 atom stereocenters. The van der Waals surface area contributed by atoms with Crippen LogP contribution in [0.2, 0.25) is 0 Å². The lowest BCUT2D eigenvalue weighted by atomic mass is 9.98. The first kappa shape index (κ1) is 24.0. The fourth-order valence-corrected chi connectivity index (χ4v) is 4.39. The Labute approximate surface area is 204 Å². The molecule has 0 saturated heterocycles. The van der Waals surface area contributed by atoms with Gasteiger partial charge in [0.25, 0.3) is 0 Å². The minimum atomic E-state index is -1.12. The molecule has 2 amide bonds. The molecular formula is C28H28N2O5. The van der Waals surface area contributed by atoms with Gasteiger partial charge in [-0.3, -0.25) is 4.79 Å². The molecule has 0 saturated carbocycles. The number of aliphatic carboxylic acids is 1. The Morgan fingerprint density at radius 1 is 0.857 bits per heavy atom. The number of fused-ring (bicyclic) bond motifs is 3. The van der Waals surface area contributed by atoms with Crippen molar-refractivity contribution in [2.24, 2.45) is 0 Å². The number of carbonyl (C=O) groups excluding carboxylic acids is 2. The van der Waals surface area contributed by atoms with Gasteiger partial charge >= 0.3 is 12.1 Å². The Morgan fingerprint density at radius 2 is 1.43 bits per heavy atom. The first-order chi connectivity index (χ1) is 16.9. The van der Waals surface area contributed by atoms with Gasteiger partial charge in [-0.15, -0.1) is 0 Å². The first-order valence-corrected chi connectivity index (χ1v) is 11.6. The molecular weight excluding hydrogens is 444 g/mol. The van der Waals surface area contributed by atoms with Crippen molar-refractivity contribution in [3.63, 3.8) is 0 Å². The van der Waals surface area contributed by atoms with E-state index in [0.717, 1.165) is 27.8 Å². The van der Waals surface area contributed by atoms with Gasteiger partial charge in [0.1, 0.15) is 18.7 Å². The van der Waals surface area contributed by atoms with Gasteiger partial charge in [-0.1, -0.05) is 78.9 Å². The average molecular weight is 473 g/mol. The summed E-state index contributed by atoms with van der Waals surface area (Å²) < 4.78 is 5.47. The Balaban J connectivity index is 1.30. The molecule has 7 nitrogen and oxygen atoms in total. The van der Waals surface area contributed by atoms with E-state index in [0.29, 0.717) is 6.42 Å². The summed E-state index contributed by atoms with van der Waals surface area (Å²) >= 11 is 0. The Hall–Kier alpha value is -4.13. The Kier molecular flexibility index (Phi) is 7.45. The van der Waals surface area contributed by atoms with Crippen LogP contribution in [0.1, 0.15) is 36.0 Å². The van der Waals surface area contributed by atoms with Gasteiger partial charge in [-0.05, 0) is 47.6 Å². The van der Waals surface area contributed by atoms with Crippen molar-refractivity contribution >= 4 is 18.0 Å². The largest absolute Gasteiger partial charge is 0.480 e. The van der Waals surface area contributed by atoms with E-state index in [1.165, 1.54) is 6.92 Å². The smallest absolute Gasteiger partial charge is 0.407 e. The molecule has 1 unspecified atom stereocenters. The lowest BCUT2D eigenvalue weighted by Crippen LogP contribution is -2.50. The normalized spacial score (nSPS) is 13.7. The molecule has 0 heterocycles.